The minimum Gasteiger partial charge on any atom is -0.455 e. The lowest BCUT2D eigenvalue weighted by Gasteiger charge is -2.17. The van der Waals surface area contributed by atoms with Crippen molar-refractivity contribution in [1.82, 2.24) is 0 Å². The number of fused-ring (bicyclic) bond motifs is 6. The van der Waals surface area contributed by atoms with Crippen LogP contribution in [0.25, 0.3) is 87.6 Å². The third kappa shape index (κ3) is 3.72. The fourth-order valence-electron chi connectivity index (χ4n) is 5.13. The summed E-state index contributed by atoms with van der Waals surface area (Å²) in [5.41, 5.74) is -5.47. The molecule has 9 rings (SSSR count). The van der Waals surface area contributed by atoms with E-state index in [-0.39, 0.29) is 0 Å². The number of benzene rings is 8. The highest BCUT2D eigenvalue weighted by atomic mass is 16.3. The molecule has 1 aromatic heterocycles. The number of hydrogen-bond acceptors (Lipinski definition) is 1. The van der Waals surface area contributed by atoms with Crippen LogP contribution in [0, 0.1) is 0 Å². The Balaban J connectivity index is 1.56. The van der Waals surface area contributed by atoms with Crippen molar-refractivity contribution in [1.29, 1.82) is 0 Å². The van der Waals surface area contributed by atoms with E-state index in [2.05, 4.69) is 0 Å². The highest BCUT2D eigenvalue weighted by Gasteiger charge is 2.18. The molecule has 0 bridgehead atoms. The Hall–Kier alpha value is -5.66. The fraction of sp³-hybridized carbons (Fsp3) is 0. The van der Waals surface area contributed by atoms with Crippen molar-refractivity contribution in [3.8, 4) is 33.4 Å². The molecule has 0 aliphatic rings. The summed E-state index contributed by atoms with van der Waals surface area (Å²) < 4.78 is 237. The molecule has 9 aromatic rings. The van der Waals surface area contributed by atoms with Crippen molar-refractivity contribution in [3.05, 3.63) is 157 Å². The average molecular weight is 573 g/mol. The lowest BCUT2D eigenvalue weighted by atomic mass is 9.86. The van der Waals surface area contributed by atoms with E-state index < -0.39 is 245 Å². The number of para-hydroxylation sites is 1. The van der Waals surface area contributed by atoms with Crippen molar-refractivity contribution in [2.24, 2.45) is 0 Å². The first-order valence-corrected chi connectivity index (χ1v) is 12.7. The second kappa shape index (κ2) is 9.44. The third-order valence-electron chi connectivity index (χ3n) is 6.94. The smallest absolute Gasteiger partial charge is 0.143 e. The normalized spacial score (nSPS) is 20.2. The molecular weight excluding hydrogens is 520 g/mol. The molecule has 200 valence electrons. The van der Waals surface area contributed by atoms with Gasteiger partial charge < -0.3 is 4.42 Å². The summed E-state index contributed by atoms with van der Waals surface area (Å²) in [4.78, 5) is 0. The Morgan fingerprint density at radius 2 is 0.953 bits per heavy atom. The standard InChI is InChI=1S/C42H26O/c1-2-12-28(13-3-1)40-33-15-6-8-17-35(33)41(36-18-9-7-16-34(36)40)31-23-24-39-38(26-31)37-20-10-19-32(42(37)43-39)30-22-21-27-11-4-5-14-29(27)25-30/h1-26H/i1D,2D,3D,4D,5D,6D,7D,8D,9D,10D,11D,12D,13D,14D,15D,16D,17D,18D,19D,20D,21D,22D,23D,24D,25D,26D. The first kappa shape index (κ1) is 9.69. The van der Waals surface area contributed by atoms with Crippen LogP contribution in [-0.4, -0.2) is 0 Å². The summed E-state index contributed by atoms with van der Waals surface area (Å²) in [6, 6.07) is -23.1. The van der Waals surface area contributed by atoms with E-state index in [9.17, 15) is 11.0 Å². The molecule has 0 aliphatic carbocycles. The molecule has 0 N–H and O–H groups in total. The van der Waals surface area contributed by atoms with Crippen LogP contribution < -0.4 is 0 Å². The number of furan rings is 1. The fourth-order valence-corrected chi connectivity index (χ4v) is 5.13. The third-order valence-corrected chi connectivity index (χ3v) is 6.94. The van der Waals surface area contributed by atoms with Gasteiger partial charge in [-0.1, -0.05) is 139 Å². The lowest BCUT2D eigenvalue weighted by Crippen LogP contribution is -1.90. The van der Waals surface area contributed by atoms with Gasteiger partial charge in [0.15, 0.2) is 0 Å². The van der Waals surface area contributed by atoms with Crippen molar-refractivity contribution in [2.45, 2.75) is 0 Å². The minimum atomic E-state index is -0.979. The van der Waals surface area contributed by atoms with Crippen LogP contribution in [0.5, 0.6) is 0 Å². The monoisotopic (exact) mass is 572 g/mol. The number of hydrogen-bond donors (Lipinski definition) is 0. The predicted molar refractivity (Wildman–Crippen MR) is 183 cm³/mol. The lowest BCUT2D eigenvalue weighted by molar-refractivity contribution is 0.670. The van der Waals surface area contributed by atoms with Crippen LogP contribution >= 0.6 is 0 Å². The van der Waals surface area contributed by atoms with Crippen molar-refractivity contribution in [3.63, 3.8) is 0 Å². The van der Waals surface area contributed by atoms with Gasteiger partial charge in [-0.25, -0.2) is 0 Å². The van der Waals surface area contributed by atoms with Gasteiger partial charge in [0, 0.05) is 16.3 Å². The Bertz CT molecular complexity index is 3860. The van der Waals surface area contributed by atoms with Gasteiger partial charge in [-0.05, 0) is 78.3 Å². The molecule has 0 saturated heterocycles. The van der Waals surface area contributed by atoms with E-state index in [4.69, 9.17) is 29.1 Å². The summed E-state index contributed by atoms with van der Waals surface area (Å²) in [6.45, 7) is 0. The van der Waals surface area contributed by atoms with Gasteiger partial charge in [-0.15, -0.1) is 0 Å². The second-order valence-corrected chi connectivity index (χ2v) is 9.26. The minimum absolute atomic E-state index is 0.506. The molecule has 0 saturated carbocycles. The molecular formula is C42H26O. The summed E-state index contributed by atoms with van der Waals surface area (Å²) in [5, 5.41) is -4.89. The zero-order chi connectivity index (χ0) is 51.0. The molecule has 1 heteroatoms. The molecule has 1 heterocycles. The van der Waals surface area contributed by atoms with Gasteiger partial charge in [0.2, 0.25) is 0 Å². The predicted octanol–water partition coefficient (Wildman–Crippen LogP) is 12.0. The van der Waals surface area contributed by atoms with E-state index in [0.717, 1.165) is 0 Å². The van der Waals surface area contributed by atoms with Crippen LogP contribution in [0.1, 0.15) is 35.6 Å². The second-order valence-electron chi connectivity index (χ2n) is 9.26. The van der Waals surface area contributed by atoms with Gasteiger partial charge in [-0.2, -0.15) is 0 Å². The largest absolute Gasteiger partial charge is 0.455 e. The van der Waals surface area contributed by atoms with E-state index in [1.54, 1.807) is 0 Å². The van der Waals surface area contributed by atoms with E-state index in [1.807, 2.05) is 0 Å². The SMILES string of the molecule is [2H]c1c([2H])c([2H])c(-c2c3c([2H])c([2H])c([2H])c([2H])c3c(-c3c([2H])c([2H])c4oc5c(-c6c([2H])c([2H])c7c([2H])c([2H])c([2H])c([2H])c7c6[2H])c([2H])c([2H])c([2H])c5c4c3[2H])c3c([2H])c([2H])c([2H])c([2H])c23)c([2H])c1[2H]. The highest BCUT2D eigenvalue weighted by Crippen LogP contribution is 2.45. The molecule has 0 amide bonds. The van der Waals surface area contributed by atoms with E-state index in [1.165, 1.54) is 0 Å². The summed E-state index contributed by atoms with van der Waals surface area (Å²) in [5.74, 6) is 0. The molecule has 43 heavy (non-hydrogen) atoms. The molecule has 8 aromatic carbocycles. The maximum Gasteiger partial charge on any atom is 0.143 e. The molecule has 0 unspecified atom stereocenters. The van der Waals surface area contributed by atoms with Crippen molar-refractivity contribution < 1.29 is 40.1 Å². The molecule has 0 spiro atoms. The van der Waals surface area contributed by atoms with Crippen molar-refractivity contribution >= 4 is 54.3 Å². The summed E-state index contributed by atoms with van der Waals surface area (Å²) >= 11 is 0. The van der Waals surface area contributed by atoms with E-state index in [0.29, 0.717) is 0 Å². The van der Waals surface area contributed by atoms with Gasteiger partial charge in [0.25, 0.3) is 0 Å². The van der Waals surface area contributed by atoms with Gasteiger partial charge >= 0.3 is 0 Å². The van der Waals surface area contributed by atoms with Crippen molar-refractivity contribution in [2.75, 3.05) is 0 Å². The van der Waals surface area contributed by atoms with Gasteiger partial charge in [0.1, 0.15) is 11.2 Å². The topological polar surface area (TPSA) is 13.1 Å². The van der Waals surface area contributed by atoms with Crippen LogP contribution in [0.15, 0.2) is 162 Å². The summed E-state index contributed by atoms with van der Waals surface area (Å²) in [7, 11) is 0. The zero-order valence-electron chi connectivity index (χ0n) is 47.4. The Labute approximate surface area is 285 Å². The molecule has 0 radical (unpaired) electrons. The molecule has 1 nitrogen and oxygen atoms in total. The maximum atomic E-state index is 9.83. The quantitative estimate of drug-likeness (QED) is 0.192. The molecule has 0 fully saturated rings. The molecule has 0 atom stereocenters. The molecule has 0 aliphatic heterocycles. The first-order chi connectivity index (χ1) is 32.2. The Kier molecular flexibility index (Phi) is 2.13. The maximum absolute atomic E-state index is 9.83. The van der Waals surface area contributed by atoms with Crippen LogP contribution in [-0.2, 0) is 0 Å². The van der Waals surface area contributed by atoms with Gasteiger partial charge in [0.05, 0.1) is 35.6 Å². The summed E-state index contributed by atoms with van der Waals surface area (Å²) in [6.07, 6.45) is 0. The van der Waals surface area contributed by atoms with Gasteiger partial charge in [-0.3, -0.25) is 0 Å². The van der Waals surface area contributed by atoms with Crippen LogP contribution in [0.2, 0.25) is 0 Å². The van der Waals surface area contributed by atoms with Crippen LogP contribution in [0.4, 0.5) is 0 Å². The average Bonchev–Trinajstić information content (AvgIpc) is 3.72. The Morgan fingerprint density at radius 1 is 0.372 bits per heavy atom. The zero-order valence-corrected chi connectivity index (χ0v) is 21.4. The first-order valence-electron chi connectivity index (χ1n) is 25.7. The number of rotatable bonds is 3. The van der Waals surface area contributed by atoms with Crippen LogP contribution in [0.3, 0.4) is 0 Å². The Morgan fingerprint density at radius 3 is 1.67 bits per heavy atom. The van der Waals surface area contributed by atoms with E-state index >= 15 is 0 Å². The highest BCUT2D eigenvalue weighted by molar-refractivity contribution is 6.22.